The number of nitrogens with zero attached hydrogens (tertiary/aromatic N) is 4. The molecule has 2 aliphatic rings. The third kappa shape index (κ3) is 3.60. The summed E-state index contributed by atoms with van der Waals surface area (Å²) in [5.41, 5.74) is 1.73. The minimum absolute atomic E-state index is 0.127. The van der Waals surface area contributed by atoms with Crippen LogP contribution in [0.3, 0.4) is 0 Å². The minimum atomic E-state index is 0.127. The summed E-state index contributed by atoms with van der Waals surface area (Å²) in [4.78, 5) is 17.3. The number of carbonyl (C=O) groups is 1. The standard InChI is InChI=1S/C19H32N4O2/c1-6-7-15-10-17(22(4)20-15)19(24)23-11-13-8-16(21(2)3)18(25-5)9-14(13)12-23/h10,13-14,16,18H,6-9,11-12H2,1-5H3/t13-,14+,16-,18-/m1/s1. The fourth-order valence-electron chi connectivity index (χ4n) is 4.62. The molecule has 0 aromatic carbocycles. The van der Waals surface area contributed by atoms with Crippen LogP contribution >= 0.6 is 0 Å². The van der Waals surface area contributed by atoms with Crippen molar-refractivity contribution in [3.8, 4) is 0 Å². The number of carbonyl (C=O) groups excluding carboxylic acids is 1. The van der Waals surface area contributed by atoms with E-state index in [0.717, 1.165) is 50.2 Å². The lowest BCUT2D eigenvalue weighted by molar-refractivity contribution is -0.0209. The molecule has 1 amide bonds. The van der Waals surface area contributed by atoms with Gasteiger partial charge in [0.15, 0.2) is 0 Å². The predicted octanol–water partition coefficient (Wildman–Crippen LogP) is 1.80. The van der Waals surface area contributed by atoms with Crippen molar-refractivity contribution in [2.24, 2.45) is 18.9 Å². The van der Waals surface area contributed by atoms with Gasteiger partial charge in [-0.2, -0.15) is 5.10 Å². The number of amides is 1. The number of fused-ring (bicyclic) bond motifs is 1. The maximum atomic E-state index is 13.0. The third-order valence-corrected chi connectivity index (χ3v) is 5.99. The average Bonchev–Trinajstić information content (AvgIpc) is 3.16. The van der Waals surface area contributed by atoms with Gasteiger partial charge in [-0.05, 0) is 51.3 Å². The molecule has 4 atom stereocenters. The molecule has 0 spiro atoms. The first-order chi connectivity index (χ1) is 11.9. The molecular weight excluding hydrogens is 316 g/mol. The van der Waals surface area contributed by atoms with E-state index in [1.807, 2.05) is 25.1 Å². The van der Waals surface area contributed by atoms with E-state index in [9.17, 15) is 4.79 Å². The number of hydrogen-bond acceptors (Lipinski definition) is 4. The van der Waals surface area contributed by atoms with Crippen molar-refractivity contribution in [1.29, 1.82) is 0 Å². The van der Waals surface area contributed by atoms with Gasteiger partial charge in [0, 0.05) is 33.3 Å². The van der Waals surface area contributed by atoms with Gasteiger partial charge in [0.1, 0.15) is 5.69 Å². The fourth-order valence-corrected chi connectivity index (χ4v) is 4.62. The van der Waals surface area contributed by atoms with Gasteiger partial charge in [-0.25, -0.2) is 0 Å². The lowest BCUT2D eigenvalue weighted by atomic mass is 9.77. The SMILES string of the molecule is CCCc1cc(C(=O)N2C[C@H]3C[C@@H](N(C)C)[C@H](OC)C[C@H]3C2)n(C)n1. The zero-order chi connectivity index (χ0) is 18.1. The Morgan fingerprint density at radius 1 is 1.32 bits per heavy atom. The van der Waals surface area contributed by atoms with Gasteiger partial charge in [-0.3, -0.25) is 9.48 Å². The van der Waals surface area contributed by atoms with Crippen LogP contribution in [0.2, 0.25) is 0 Å². The van der Waals surface area contributed by atoms with Crippen molar-refractivity contribution in [3.05, 3.63) is 17.5 Å². The van der Waals surface area contributed by atoms with Crippen LogP contribution in [-0.2, 0) is 18.2 Å². The zero-order valence-electron chi connectivity index (χ0n) is 16.2. The molecule has 1 aromatic rings. The molecule has 0 radical (unpaired) electrons. The third-order valence-electron chi connectivity index (χ3n) is 5.99. The molecule has 1 aliphatic heterocycles. The van der Waals surface area contributed by atoms with Crippen molar-refractivity contribution in [2.45, 2.75) is 44.8 Å². The molecule has 0 unspecified atom stereocenters. The Bertz CT molecular complexity index is 613. The molecule has 0 N–H and O–H groups in total. The van der Waals surface area contributed by atoms with Crippen LogP contribution in [0.4, 0.5) is 0 Å². The molecule has 3 rings (SSSR count). The Morgan fingerprint density at radius 2 is 2.00 bits per heavy atom. The van der Waals surface area contributed by atoms with E-state index < -0.39 is 0 Å². The van der Waals surface area contributed by atoms with E-state index in [0.29, 0.717) is 17.9 Å². The second kappa shape index (κ2) is 7.46. The number of likely N-dealkylation sites (tertiary alicyclic amines) is 1. The van der Waals surface area contributed by atoms with Crippen molar-refractivity contribution >= 4 is 5.91 Å². The fraction of sp³-hybridized carbons (Fsp3) is 0.789. The molecule has 2 fully saturated rings. The molecule has 25 heavy (non-hydrogen) atoms. The Balaban J connectivity index is 1.71. The van der Waals surface area contributed by atoms with E-state index in [4.69, 9.17) is 4.74 Å². The predicted molar refractivity (Wildman–Crippen MR) is 97.6 cm³/mol. The first-order valence-corrected chi connectivity index (χ1v) is 9.46. The van der Waals surface area contributed by atoms with Crippen molar-refractivity contribution in [1.82, 2.24) is 19.6 Å². The quantitative estimate of drug-likeness (QED) is 0.814. The number of aromatic nitrogens is 2. The monoisotopic (exact) mass is 348 g/mol. The minimum Gasteiger partial charge on any atom is -0.380 e. The second-order valence-electron chi connectivity index (χ2n) is 7.90. The molecule has 0 bridgehead atoms. The molecule has 6 nitrogen and oxygen atoms in total. The summed E-state index contributed by atoms with van der Waals surface area (Å²) in [6.45, 7) is 3.84. The van der Waals surface area contributed by atoms with E-state index >= 15 is 0 Å². The highest BCUT2D eigenvalue weighted by Gasteiger charge is 2.44. The van der Waals surface area contributed by atoms with Gasteiger partial charge in [0.05, 0.1) is 11.8 Å². The lowest BCUT2D eigenvalue weighted by Gasteiger charge is -2.40. The molecule has 1 aliphatic carbocycles. The van der Waals surface area contributed by atoms with Gasteiger partial charge in [-0.15, -0.1) is 0 Å². The van der Waals surface area contributed by atoms with E-state index in [-0.39, 0.29) is 12.0 Å². The van der Waals surface area contributed by atoms with Crippen LogP contribution < -0.4 is 0 Å². The normalized spacial score (nSPS) is 29.3. The smallest absolute Gasteiger partial charge is 0.272 e. The molecular formula is C19H32N4O2. The Labute approximate surface area is 151 Å². The number of ether oxygens (including phenoxy) is 1. The van der Waals surface area contributed by atoms with Crippen LogP contribution in [0.1, 0.15) is 42.4 Å². The van der Waals surface area contributed by atoms with Gasteiger partial charge in [-0.1, -0.05) is 13.3 Å². The Morgan fingerprint density at radius 3 is 2.60 bits per heavy atom. The number of methoxy groups -OCH3 is 1. The second-order valence-corrected chi connectivity index (χ2v) is 7.90. The average molecular weight is 348 g/mol. The van der Waals surface area contributed by atoms with Crippen LogP contribution in [-0.4, -0.2) is 71.9 Å². The van der Waals surface area contributed by atoms with Gasteiger partial charge < -0.3 is 14.5 Å². The molecule has 2 heterocycles. The van der Waals surface area contributed by atoms with Gasteiger partial charge in [0.25, 0.3) is 5.91 Å². The largest absolute Gasteiger partial charge is 0.380 e. The van der Waals surface area contributed by atoms with Crippen molar-refractivity contribution < 1.29 is 9.53 Å². The van der Waals surface area contributed by atoms with Gasteiger partial charge >= 0.3 is 0 Å². The summed E-state index contributed by atoms with van der Waals surface area (Å²) in [6.07, 6.45) is 4.38. The highest BCUT2D eigenvalue weighted by molar-refractivity contribution is 5.93. The Hall–Kier alpha value is -1.40. The molecule has 1 aromatic heterocycles. The van der Waals surface area contributed by atoms with E-state index in [2.05, 4.69) is 31.0 Å². The Kier molecular flexibility index (Phi) is 5.49. The van der Waals surface area contributed by atoms with E-state index in [1.54, 1.807) is 4.68 Å². The highest BCUT2D eigenvalue weighted by Crippen LogP contribution is 2.39. The summed E-state index contributed by atoms with van der Waals surface area (Å²) in [7, 11) is 7.93. The highest BCUT2D eigenvalue weighted by atomic mass is 16.5. The summed E-state index contributed by atoms with van der Waals surface area (Å²) < 4.78 is 7.49. The molecule has 1 saturated carbocycles. The van der Waals surface area contributed by atoms with E-state index in [1.165, 1.54) is 0 Å². The van der Waals surface area contributed by atoms with Gasteiger partial charge in [0.2, 0.25) is 0 Å². The number of rotatable bonds is 5. The lowest BCUT2D eigenvalue weighted by Crippen LogP contribution is -2.47. The molecule has 6 heteroatoms. The first kappa shape index (κ1) is 18.4. The summed E-state index contributed by atoms with van der Waals surface area (Å²) >= 11 is 0. The van der Waals surface area contributed by atoms with Crippen LogP contribution in [0.5, 0.6) is 0 Å². The number of hydrogen-bond donors (Lipinski definition) is 0. The first-order valence-electron chi connectivity index (χ1n) is 9.46. The zero-order valence-corrected chi connectivity index (χ0v) is 16.2. The van der Waals surface area contributed by atoms with Crippen molar-refractivity contribution in [3.63, 3.8) is 0 Å². The number of likely N-dealkylation sites (N-methyl/N-ethyl adjacent to an activating group) is 1. The topological polar surface area (TPSA) is 50.6 Å². The van der Waals surface area contributed by atoms with Crippen LogP contribution in [0, 0.1) is 11.8 Å². The molecule has 1 saturated heterocycles. The van der Waals surface area contributed by atoms with Crippen LogP contribution in [0.25, 0.3) is 0 Å². The summed E-state index contributed by atoms with van der Waals surface area (Å²) in [5, 5.41) is 4.49. The van der Waals surface area contributed by atoms with Crippen molar-refractivity contribution in [2.75, 3.05) is 34.3 Å². The summed E-state index contributed by atoms with van der Waals surface area (Å²) in [6, 6.07) is 2.41. The maximum absolute atomic E-state index is 13.0. The van der Waals surface area contributed by atoms with Crippen LogP contribution in [0.15, 0.2) is 6.07 Å². The maximum Gasteiger partial charge on any atom is 0.272 e. The summed E-state index contributed by atoms with van der Waals surface area (Å²) in [5.74, 6) is 1.25. The number of aryl methyl sites for hydroxylation is 2. The molecule has 140 valence electrons.